The molecule has 1 aliphatic rings. The maximum Gasteiger partial charge on any atom is 0.0469 e. The molecule has 0 radical (unpaired) electrons. The zero-order valence-electron chi connectivity index (χ0n) is 9.46. The van der Waals surface area contributed by atoms with Gasteiger partial charge in [-0.3, -0.25) is 0 Å². The SMILES string of the molecule is CC(C)C(CN)NCC1CCOCC1. The zero-order valence-corrected chi connectivity index (χ0v) is 9.46. The quantitative estimate of drug-likeness (QED) is 0.695. The lowest BCUT2D eigenvalue weighted by atomic mass is 9.98. The molecule has 1 unspecified atom stereocenters. The van der Waals surface area contributed by atoms with Crippen LogP contribution in [0.5, 0.6) is 0 Å². The van der Waals surface area contributed by atoms with Gasteiger partial charge in [0.2, 0.25) is 0 Å². The summed E-state index contributed by atoms with van der Waals surface area (Å²) in [5.41, 5.74) is 5.70. The minimum atomic E-state index is 0.470. The summed E-state index contributed by atoms with van der Waals surface area (Å²) in [7, 11) is 0. The monoisotopic (exact) mass is 200 g/mol. The van der Waals surface area contributed by atoms with Crippen LogP contribution in [-0.4, -0.2) is 32.3 Å². The Kier molecular flexibility index (Phi) is 5.45. The Morgan fingerprint density at radius 3 is 2.50 bits per heavy atom. The van der Waals surface area contributed by atoms with Crippen LogP contribution in [0.4, 0.5) is 0 Å². The minimum Gasteiger partial charge on any atom is -0.381 e. The predicted molar refractivity (Wildman–Crippen MR) is 59.2 cm³/mol. The number of hydrogen-bond acceptors (Lipinski definition) is 3. The maximum absolute atomic E-state index is 5.70. The lowest BCUT2D eigenvalue weighted by Crippen LogP contribution is -2.43. The number of nitrogens with one attached hydrogen (secondary N) is 1. The van der Waals surface area contributed by atoms with Crippen molar-refractivity contribution in [2.24, 2.45) is 17.6 Å². The maximum atomic E-state index is 5.70. The van der Waals surface area contributed by atoms with Gasteiger partial charge in [-0.15, -0.1) is 0 Å². The molecule has 0 bridgehead atoms. The van der Waals surface area contributed by atoms with Crippen LogP contribution in [0.15, 0.2) is 0 Å². The first-order valence-corrected chi connectivity index (χ1v) is 5.75. The van der Waals surface area contributed by atoms with Crippen molar-refractivity contribution in [3.8, 4) is 0 Å². The van der Waals surface area contributed by atoms with E-state index in [1.54, 1.807) is 0 Å². The van der Waals surface area contributed by atoms with Crippen molar-refractivity contribution in [2.45, 2.75) is 32.7 Å². The summed E-state index contributed by atoms with van der Waals surface area (Å²) in [6.07, 6.45) is 2.39. The Hall–Kier alpha value is -0.120. The summed E-state index contributed by atoms with van der Waals surface area (Å²) in [6.45, 7) is 8.13. The van der Waals surface area contributed by atoms with E-state index in [-0.39, 0.29) is 0 Å². The van der Waals surface area contributed by atoms with Crippen LogP contribution < -0.4 is 11.1 Å². The van der Waals surface area contributed by atoms with E-state index in [0.29, 0.717) is 12.0 Å². The lowest BCUT2D eigenvalue weighted by molar-refractivity contribution is 0.0650. The molecule has 3 N–H and O–H groups in total. The molecule has 14 heavy (non-hydrogen) atoms. The summed E-state index contributed by atoms with van der Waals surface area (Å²) in [4.78, 5) is 0. The van der Waals surface area contributed by atoms with Gasteiger partial charge in [0.1, 0.15) is 0 Å². The molecule has 1 aliphatic heterocycles. The summed E-state index contributed by atoms with van der Waals surface area (Å²) >= 11 is 0. The topological polar surface area (TPSA) is 47.3 Å². The molecular weight excluding hydrogens is 176 g/mol. The summed E-state index contributed by atoms with van der Waals surface area (Å²) in [5.74, 6) is 1.41. The molecule has 0 aromatic carbocycles. The molecule has 1 rings (SSSR count). The average molecular weight is 200 g/mol. The molecule has 0 aromatic heterocycles. The van der Waals surface area contributed by atoms with Crippen molar-refractivity contribution in [1.82, 2.24) is 5.32 Å². The van der Waals surface area contributed by atoms with Crippen molar-refractivity contribution in [3.05, 3.63) is 0 Å². The molecule has 0 saturated carbocycles. The molecule has 0 spiro atoms. The molecule has 0 aromatic rings. The number of nitrogens with two attached hydrogens (primary N) is 1. The van der Waals surface area contributed by atoms with E-state index in [4.69, 9.17) is 10.5 Å². The van der Waals surface area contributed by atoms with Crippen LogP contribution in [0.3, 0.4) is 0 Å². The Labute approximate surface area is 87.4 Å². The zero-order chi connectivity index (χ0) is 10.4. The van der Waals surface area contributed by atoms with Gasteiger partial charge in [-0.1, -0.05) is 13.8 Å². The highest BCUT2D eigenvalue weighted by Gasteiger charge is 2.16. The molecule has 0 aliphatic carbocycles. The molecule has 84 valence electrons. The van der Waals surface area contributed by atoms with Gasteiger partial charge in [0.25, 0.3) is 0 Å². The first-order chi connectivity index (χ1) is 6.74. The second-order valence-electron chi connectivity index (χ2n) is 4.55. The second-order valence-corrected chi connectivity index (χ2v) is 4.55. The van der Waals surface area contributed by atoms with Crippen LogP contribution in [0.2, 0.25) is 0 Å². The Balaban J connectivity index is 2.16. The third-order valence-corrected chi connectivity index (χ3v) is 3.07. The minimum absolute atomic E-state index is 0.470. The van der Waals surface area contributed by atoms with Crippen LogP contribution >= 0.6 is 0 Å². The molecular formula is C11H24N2O. The van der Waals surface area contributed by atoms with Gasteiger partial charge >= 0.3 is 0 Å². The van der Waals surface area contributed by atoms with E-state index in [1.807, 2.05) is 0 Å². The largest absolute Gasteiger partial charge is 0.381 e. The Morgan fingerprint density at radius 2 is 2.00 bits per heavy atom. The molecule has 1 saturated heterocycles. The number of ether oxygens (including phenoxy) is 1. The smallest absolute Gasteiger partial charge is 0.0469 e. The van der Waals surface area contributed by atoms with E-state index in [2.05, 4.69) is 19.2 Å². The van der Waals surface area contributed by atoms with E-state index in [0.717, 1.165) is 32.2 Å². The van der Waals surface area contributed by atoms with E-state index in [9.17, 15) is 0 Å². The Morgan fingerprint density at radius 1 is 1.36 bits per heavy atom. The molecule has 0 amide bonds. The van der Waals surface area contributed by atoms with Crippen molar-refractivity contribution >= 4 is 0 Å². The van der Waals surface area contributed by atoms with E-state index in [1.165, 1.54) is 12.8 Å². The van der Waals surface area contributed by atoms with E-state index >= 15 is 0 Å². The summed E-state index contributed by atoms with van der Waals surface area (Å²) < 4.78 is 5.33. The number of hydrogen-bond donors (Lipinski definition) is 2. The fourth-order valence-corrected chi connectivity index (χ4v) is 1.86. The lowest BCUT2D eigenvalue weighted by Gasteiger charge is -2.26. The average Bonchev–Trinajstić information content (AvgIpc) is 2.20. The second kappa shape index (κ2) is 6.38. The van der Waals surface area contributed by atoms with Gasteiger partial charge in [0, 0.05) is 25.8 Å². The highest BCUT2D eigenvalue weighted by molar-refractivity contribution is 4.74. The first-order valence-electron chi connectivity index (χ1n) is 5.75. The third kappa shape index (κ3) is 3.95. The van der Waals surface area contributed by atoms with Gasteiger partial charge < -0.3 is 15.8 Å². The van der Waals surface area contributed by atoms with Gasteiger partial charge in [-0.25, -0.2) is 0 Å². The number of rotatable bonds is 5. The van der Waals surface area contributed by atoms with Crippen molar-refractivity contribution < 1.29 is 4.74 Å². The highest BCUT2D eigenvalue weighted by Crippen LogP contribution is 2.14. The fraction of sp³-hybridized carbons (Fsp3) is 1.00. The van der Waals surface area contributed by atoms with Gasteiger partial charge in [-0.05, 0) is 31.2 Å². The van der Waals surface area contributed by atoms with Crippen LogP contribution in [0, 0.1) is 11.8 Å². The van der Waals surface area contributed by atoms with Gasteiger partial charge in [0.15, 0.2) is 0 Å². The normalized spacial score (nSPS) is 21.4. The highest BCUT2D eigenvalue weighted by atomic mass is 16.5. The molecule has 1 heterocycles. The molecule has 3 heteroatoms. The van der Waals surface area contributed by atoms with Gasteiger partial charge in [-0.2, -0.15) is 0 Å². The Bertz CT molecular complexity index is 144. The summed E-state index contributed by atoms with van der Waals surface area (Å²) in [6, 6.07) is 0.470. The molecule has 3 nitrogen and oxygen atoms in total. The predicted octanol–water partition coefficient (Wildman–Crippen LogP) is 0.986. The third-order valence-electron chi connectivity index (χ3n) is 3.07. The van der Waals surface area contributed by atoms with Crippen LogP contribution in [0.1, 0.15) is 26.7 Å². The standard InChI is InChI=1S/C11H24N2O/c1-9(2)11(7-12)13-8-10-3-5-14-6-4-10/h9-11,13H,3-8,12H2,1-2H3. The first kappa shape index (κ1) is 12.0. The van der Waals surface area contributed by atoms with Crippen molar-refractivity contribution in [1.29, 1.82) is 0 Å². The molecule has 1 fully saturated rings. The van der Waals surface area contributed by atoms with Gasteiger partial charge in [0.05, 0.1) is 0 Å². The van der Waals surface area contributed by atoms with Crippen LogP contribution in [-0.2, 0) is 4.74 Å². The molecule has 1 atom stereocenters. The van der Waals surface area contributed by atoms with Crippen LogP contribution in [0.25, 0.3) is 0 Å². The van der Waals surface area contributed by atoms with E-state index < -0.39 is 0 Å². The summed E-state index contributed by atoms with van der Waals surface area (Å²) in [5, 5.41) is 3.56. The van der Waals surface area contributed by atoms with Crippen molar-refractivity contribution in [2.75, 3.05) is 26.3 Å². The fourth-order valence-electron chi connectivity index (χ4n) is 1.86. The van der Waals surface area contributed by atoms with Crippen molar-refractivity contribution in [3.63, 3.8) is 0 Å².